The predicted molar refractivity (Wildman–Crippen MR) is 106 cm³/mol. The topological polar surface area (TPSA) is 62.7 Å². The van der Waals surface area contributed by atoms with Gasteiger partial charge in [-0.15, -0.1) is 0 Å². The van der Waals surface area contributed by atoms with Gasteiger partial charge in [-0.3, -0.25) is 4.98 Å². The van der Waals surface area contributed by atoms with Gasteiger partial charge >= 0.3 is 0 Å². The van der Waals surface area contributed by atoms with E-state index >= 15 is 0 Å². The number of nitrogens with zero attached hydrogens (tertiary/aromatic N) is 3. The van der Waals surface area contributed by atoms with Crippen molar-refractivity contribution in [2.45, 2.75) is 38.6 Å². The van der Waals surface area contributed by atoms with Gasteiger partial charge in [0.1, 0.15) is 5.82 Å². The van der Waals surface area contributed by atoms with E-state index in [1.807, 2.05) is 18.2 Å². The van der Waals surface area contributed by atoms with Gasteiger partial charge in [0.05, 0.1) is 5.69 Å². The summed E-state index contributed by atoms with van der Waals surface area (Å²) in [5.74, 6) is 1.47. The summed E-state index contributed by atoms with van der Waals surface area (Å²) in [6.07, 6.45) is 8.49. The molecule has 2 heterocycles. The molecule has 2 aromatic heterocycles. The first-order valence-electron chi connectivity index (χ1n) is 9.16. The van der Waals surface area contributed by atoms with E-state index in [1.165, 1.54) is 31.2 Å². The van der Waals surface area contributed by atoms with Crippen molar-refractivity contribution in [3.8, 4) is 11.3 Å². The van der Waals surface area contributed by atoms with Gasteiger partial charge in [-0.1, -0.05) is 30.5 Å². The molecule has 4 rings (SSSR count). The Morgan fingerprint density at radius 1 is 0.923 bits per heavy atom. The maximum atomic E-state index is 4.73. The normalized spacial score (nSPS) is 14.3. The maximum Gasteiger partial charge on any atom is 0.225 e. The molecule has 1 aliphatic carbocycles. The highest BCUT2D eigenvalue weighted by Gasteiger charge is 2.16. The van der Waals surface area contributed by atoms with Crippen molar-refractivity contribution in [3.05, 3.63) is 60.4 Å². The highest BCUT2D eigenvalue weighted by atomic mass is 15.2. The Balaban J connectivity index is 1.65. The maximum absolute atomic E-state index is 4.73. The Bertz CT molecular complexity index is 855. The summed E-state index contributed by atoms with van der Waals surface area (Å²) in [6, 6.07) is 14.7. The summed E-state index contributed by atoms with van der Waals surface area (Å²) in [5.41, 5.74) is 4.17. The molecule has 132 valence electrons. The average Bonchev–Trinajstić information content (AvgIpc) is 3.17. The molecule has 0 radical (unpaired) electrons. The van der Waals surface area contributed by atoms with Crippen LogP contribution in [-0.4, -0.2) is 21.0 Å². The second-order valence-corrected chi connectivity index (χ2v) is 6.81. The average molecular weight is 345 g/mol. The lowest BCUT2D eigenvalue weighted by molar-refractivity contribution is 0.744. The molecule has 0 saturated heterocycles. The molecule has 3 aromatic rings. The van der Waals surface area contributed by atoms with E-state index in [9.17, 15) is 0 Å². The number of hydrogen-bond acceptors (Lipinski definition) is 5. The van der Waals surface area contributed by atoms with Crippen LogP contribution in [0.15, 0.2) is 54.9 Å². The molecule has 1 fully saturated rings. The lowest BCUT2D eigenvalue weighted by Gasteiger charge is -2.15. The minimum atomic E-state index is 0.468. The third kappa shape index (κ3) is 3.99. The first-order chi connectivity index (χ1) is 12.8. The fraction of sp³-hybridized carbons (Fsp3) is 0.286. The number of aryl methyl sites for hydroxylation is 1. The van der Waals surface area contributed by atoms with Gasteiger partial charge < -0.3 is 10.6 Å². The van der Waals surface area contributed by atoms with E-state index in [1.54, 1.807) is 12.4 Å². The molecule has 5 heteroatoms. The van der Waals surface area contributed by atoms with E-state index < -0.39 is 0 Å². The van der Waals surface area contributed by atoms with Gasteiger partial charge in [0.25, 0.3) is 0 Å². The molecule has 1 aliphatic rings. The highest BCUT2D eigenvalue weighted by Crippen LogP contribution is 2.26. The SMILES string of the molecule is Cc1ccc(Nc2cc(-c3ccncc3)nc(NC3CCCC3)n2)cc1. The number of rotatable bonds is 5. The lowest BCUT2D eigenvalue weighted by Crippen LogP contribution is -2.17. The number of benzene rings is 1. The molecule has 0 spiro atoms. The van der Waals surface area contributed by atoms with E-state index in [4.69, 9.17) is 9.97 Å². The minimum Gasteiger partial charge on any atom is -0.351 e. The zero-order chi connectivity index (χ0) is 17.8. The van der Waals surface area contributed by atoms with E-state index in [0.29, 0.717) is 12.0 Å². The van der Waals surface area contributed by atoms with Crippen LogP contribution in [0, 0.1) is 6.92 Å². The molecule has 1 saturated carbocycles. The molecule has 0 unspecified atom stereocenters. The Kier molecular flexibility index (Phi) is 4.78. The predicted octanol–water partition coefficient (Wildman–Crippen LogP) is 4.95. The molecule has 5 nitrogen and oxygen atoms in total. The zero-order valence-corrected chi connectivity index (χ0v) is 14.9. The monoisotopic (exact) mass is 345 g/mol. The number of aromatic nitrogens is 3. The van der Waals surface area contributed by atoms with E-state index in [-0.39, 0.29) is 0 Å². The van der Waals surface area contributed by atoms with Crippen molar-refractivity contribution in [2.24, 2.45) is 0 Å². The Labute approximate surface area is 153 Å². The van der Waals surface area contributed by atoms with Crippen LogP contribution in [0.5, 0.6) is 0 Å². The molecular formula is C21H23N5. The Morgan fingerprint density at radius 2 is 1.65 bits per heavy atom. The summed E-state index contributed by atoms with van der Waals surface area (Å²) in [7, 11) is 0. The summed E-state index contributed by atoms with van der Waals surface area (Å²) in [6.45, 7) is 2.08. The molecule has 0 bridgehead atoms. The third-order valence-electron chi connectivity index (χ3n) is 4.71. The quantitative estimate of drug-likeness (QED) is 0.685. The number of nitrogens with one attached hydrogen (secondary N) is 2. The van der Waals surface area contributed by atoms with Gasteiger partial charge in [0.15, 0.2) is 0 Å². The van der Waals surface area contributed by atoms with Crippen LogP contribution in [0.3, 0.4) is 0 Å². The fourth-order valence-corrected chi connectivity index (χ4v) is 3.28. The summed E-state index contributed by atoms with van der Waals surface area (Å²) >= 11 is 0. The van der Waals surface area contributed by atoms with Crippen molar-refractivity contribution in [3.63, 3.8) is 0 Å². The second-order valence-electron chi connectivity index (χ2n) is 6.81. The van der Waals surface area contributed by atoms with Crippen LogP contribution in [0.2, 0.25) is 0 Å². The molecule has 0 amide bonds. The number of anilines is 3. The summed E-state index contributed by atoms with van der Waals surface area (Å²) in [5, 5.41) is 6.91. The van der Waals surface area contributed by atoms with E-state index in [2.05, 4.69) is 46.8 Å². The van der Waals surface area contributed by atoms with E-state index in [0.717, 1.165) is 22.8 Å². The van der Waals surface area contributed by atoms with Crippen LogP contribution in [-0.2, 0) is 0 Å². The zero-order valence-electron chi connectivity index (χ0n) is 14.9. The van der Waals surface area contributed by atoms with Gasteiger partial charge in [0, 0.05) is 35.8 Å². The number of hydrogen-bond donors (Lipinski definition) is 2. The third-order valence-corrected chi connectivity index (χ3v) is 4.71. The molecule has 0 aliphatic heterocycles. The first-order valence-corrected chi connectivity index (χ1v) is 9.16. The largest absolute Gasteiger partial charge is 0.351 e. The van der Waals surface area contributed by atoms with Crippen LogP contribution in [0.1, 0.15) is 31.2 Å². The van der Waals surface area contributed by atoms with Crippen molar-refractivity contribution in [2.75, 3.05) is 10.6 Å². The highest BCUT2D eigenvalue weighted by molar-refractivity contribution is 5.67. The smallest absolute Gasteiger partial charge is 0.225 e. The van der Waals surface area contributed by atoms with Crippen LogP contribution in [0.25, 0.3) is 11.3 Å². The lowest BCUT2D eigenvalue weighted by atomic mass is 10.2. The van der Waals surface area contributed by atoms with Gasteiger partial charge in [-0.2, -0.15) is 4.98 Å². The Hall–Kier alpha value is -2.95. The van der Waals surface area contributed by atoms with Gasteiger partial charge in [-0.25, -0.2) is 4.98 Å². The second kappa shape index (κ2) is 7.52. The molecule has 1 aromatic carbocycles. The summed E-state index contributed by atoms with van der Waals surface area (Å²) in [4.78, 5) is 13.5. The molecule has 0 atom stereocenters. The van der Waals surface area contributed by atoms with Gasteiger partial charge in [-0.05, 0) is 44.0 Å². The molecular weight excluding hydrogens is 322 g/mol. The minimum absolute atomic E-state index is 0.468. The van der Waals surface area contributed by atoms with Crippen LogP contribution < -0.4 is 10.6 Å². The van der Waals surface area contributed by atoms with Crippen molar-refractivity contribution in [1.29, 1.82) is 0 Å². The van der Waals surface area contributed by atoms with Crippen LogP contribution >= 0.6 is 0 Å². The van der Waals surface area contributed by atoms with Crippen molar-refractivity contribution in [1.82, 2.24) is 15.0 Å². The number of pyridine rings is 1. The summed E-state index contributed by atoms with van der Waals surface area (Å²) < 4.78 is 0. The van der Waals surface area contributed by atoms with Gasteiger partial charge in [0.2, 0.25) is 5.95 Å². The van der Waals surface area contributed by atoms with Crippen LogP contribution in [0.4, 0.5) is 17.5 Å². The Morgan fingerprint density at radius 3 is 2.38 bits per heavy atom. The fourth-order valence-electron chi connectivity index (χ4n) is 3.28. The molecule has 2 N–H and O–H groups in total. The van der Waals surface area contributed by atoms with Crippen molar-refractivity contribution >= 4 is 17.5 Å². The van der Waals surface area contributed by atoms with Crippen molar-refractivity contribution < 1.29 is 0 Å². The standard InChI is InChI=1S/C21H23N5/c1-15-6-8-18(9-7-15)23-20-14-19(16-10-12-22-13-11-16)25-21(26-20)24-17-4-2-3-5-17/h6-14,17H,2-5H2,1H3,(H2,23,24,25,26). The molecule has 26 heavy (non-hydrogen) atoms. The first kappa shape index (κ1) is 16.5.